The van der Waals surface area contributed by atoms with Crippen LogP contribution in [0.3, 0.4) is 0 Å². The molecule has 0 N–H and O–H groups in total. The summed E-state index contributed by atoms with van der Waals surface area (Å²) in [4.78, 5) is 0. The van der Waals surface area contributed by atoms with Crippen LogP contribution in [0.15, 0.2) is 23.8 Å². The molecule has 58 valence electrons. The van der Waals surface area contributed by atoms with E-state index in [-0.39, 0.29) is 0 Å². The Morgan fingerprint density at radius 3 is 2.40 bits per heavy atom. The first-order valence-corrected chi connectivity index (χ1v) is 4.11. The third-order valence-corrected chi connectivity index (χ3v) is 1.56. The summed E-state index contributed by atoms with van der Waals surface area (Å²) in [6.45, 7) is 6.53. The Labute approximate surface area is 64.6 Å². The average Bonchev–Trinajstić information content (AvgIpc) is 1.98. The van der Waals surface area contributed by atoms with Gasteiger partial charge in [-0.05, 0) is 26.2 Å². The SMILES string of the molecule is CC/C=C\C/C=C(/C)CC. The van der Waals surface area contributed by atoms with E-state index in [1.807, 2.05) is 0 Å². The Morgan fingerprint density at radius 2 is 1.90 bits per heavy atom. The molecule has 0 aromatic carbocycles. The van der Waals surface area contributed by atoms with E-state index in [1.165, 1.54) is 12.0 Å². The summed E-state index contributed by atoms with van der Waals surface area (Å²) in [6.07, 6.45) is 10.2. The second-order valence-electron chi connectivity index (χ2n) is 2.52. The van der Waals surface area contributed by atoms with Crippen molar-refractivity contribution in [3.63, 3.8) is 0 Å². The van der Waals surface area contributed by atoms with E-state index in [2.05, 4.69) is 39.0 Å². The lowest BCUT2D eigenvalue weighted by Crippen LogP contribution is -1.69. The van der Waals surface area contributed by atoms with E-state index in [1.54, 1.807) is 0 Å². The highest BCUT2D eigenvalue weighted by molar-refractivity contribution is 5.01. The topological polar surface area (TPSA) is 0 Å². The lowest BCUT2D eigenvalue weighted by Gasteiger charge is -1.90. The minimum absolute atomic E-state index is 1.10. The van der Waals surface area contributed by atoms with Crippen molar-refractivity contribution in [3.05, 3.63) is 23.8 Å². The summed E-state index contributed by atoms with van der Waals surface area (Å²) in [6, 6.07) is 0. The van der Waals surface area contributed by atoms with Crippen molar-refractivity contribution in [2.24, 2.45) is 0 Å². The van der Waals surface area contributed by atoms with Gasteiger partial charge in [0.05, 0.1) is 0 Å². The molecule has 10 heavy (non-hydrogen) atoms. The maximum Gasteiger partial charge on any atom is -0.0167 e. The van der Waals surface area contributed by atoms with Gasteiger partial charge in [-0.25, -0.2) is 0 Å². The molecule has 0 bridgehead atoms. The van der Waals surface area contributed by atoms with Gasteiger partial charge in [0.2, 0.25) is 0 Å². The summed E-state index contributed by atoms with van der Waals surface area (Å²) in [5.74, 6) is 0. The van der Waals surface area contributed by atoms with E-state index < -0.39 is 0 Å². The molecule has 0 heteroatoms. The summed E-state index contributed by atoms with van der Waals surface area (Å²) in [7, 11) is 0. The zero-order valence-corrected chi connectivity index (χ0v) is 7.35. The van der Waals surface area contributed by atoms with Gasteiger partial charge in [-0.1, -0.05) is 37.6 Å². The van der Waals surface area contributed by atoms with Crippen LogP contribution in [0, 0.1) is 0 Å². The first kappa shape index (κ1) is 9.48. The highest BCUT2D eigenvalue weighted by Crippen LogP contribution is 2.00. The Kier molecular flexibility index (Phi) is 6.25. The lowest BCUT2D eigenvalue weighted by atomic mass is 10.2. The molecule has 0 rings (SSSR count). The summed E-state index contributed by atoms with van der Waals surface area (Å²) >= 11 is 0. The lowest BCUT2D eigenvalue weighted by molar-refractivity contribution is 1.07. The number of hydrogen-bond donors (Lipinski definition) is 0. The molecule has 0 amide bonds. The molecule has 0 aliphatic carbocycles. The van der Waals surface area contributed by atoms with Gasteiger partial charge in [0.15, 0.2) is 0 Å². The summed E-state index contributed by atoms with van der Waals surface area (Å²) < 4.78 is 0. The van der Waals surface area contributed by atoms with Crippen molar-refractivity contribution in [1.29, 1.82) is 0 Å². The molecule has 0 saturated carbocycles. The predicted octanol–water partition coefficient (Wildman–Crippen LogP) is 3.70. The molecule has 0 aromatic heterocycles. The van der Waals surface area contributed by atoms with Crippen LogP contribution in [0.1, 0.15) is 40.0 Å². The van der Waals surface area contributed by atoms with Crippen LogP contribution in [-0.2, 0) is 0 Å². The normalized spacial score (nSPS) is 12.9. The first-order chi connectivity index (χ1) is 4.81. The van der Waals surface area contributed by atoms with Gasteiger partial charge >= 0.3 is 0 Å². The zero-order valence-electron chi connectivity index (χ0n) is 7.35. The molecule has 0 nitrogen and oxygen atoms in total. The number of allylic oxidation sites excluding steroid dienone is 4. The second kappa shape index (κ2) is 6.60. The Hall–Kier alpha value is -0.520. The minimum Gasteiger partial charge on any atom is -0.0885 e. The van der Waals surface area contributed by atoms with Gasteiger partial charge in [0.1, 0.15) is 0 Å². The molecule has 0 aromatic rings. The highest BCUT2D eigenvalue weighted by Gasteiger charge is 1.79. The predicted molar refractivity (Wildman–Crippen MR) is 48.1 cm³/mol. The fourth-order valence-electron chi connectivity index (χ4n) is 0.676. The standard InChI is InChI=1S/C10H18/c1-4-6-7-8-9-10(3)5-2/h6-7,9H,4-5,8H2,1-3H3/b7-6-,10-9-. The zero-order chi connectivity index (χ0) is 7.82. The van der Waals surface area contributed by atoms with Gasteiger partial charge < -0.3 is 0 Å². The van der Waals surface area contributed by atoms with Crippen LogP contribution in [0.4, 0.5) is 0 Å². The van der Waals surface area contributed by atoms with Gasteiger partial charge in [0, 0.05) is 0 Å². The van der Waals surface area contributed by atoms with Crippen LogP contribution >= 0.6 is 0 Å². The van der Waals surface area contributed by atoms with Crippen LogP contribution in [0.2, 0.25) is 0 Å². The smallest absolute Gasteiger partial charge is 0.0167 e. The van der Waals surface area contributed by atoms with Crippen LogP contribution in [-0.4, -0.2) is 0 Å². The fraction of sp³-hybridized carbons (Fsp3) is 0.600. The molecule has 0 unspecified atom stereocenters. The fourth-order valence-corrected chi connectivity index (χ4v) is 0.676. The highest BCUT2D eigenvalue weighted by atomic mass is 13.9. The van der Waals surface area contributed by atoms with Crippen molar-refractivity contribution in [2.75, 3.05) is 0 Å². The molecule has 0 fully saturated rings. The largest absolute Gasteiger partial charge is 0.0885 e. The Balaban J connectivity index is 3.42. The molecule has 0 spiro atoms. The quantitative estimate of drug-likeness (QED) is 0.520. The molecule has 0 aliphatic heterocycles. The van der Waals surface area contributed by atoms with Crippen molar-refractivity contribution >= 4 is 0 Å². The van der Waals surface area contributed by atoms with Crippen molar-refractivity contribution in [2.45, 2.75) is 40.0 Å². The van der Waals surface area contributed by atoms with Gasteiger partial charge in [0.25, 0.3) is 0 Å². The van der Waals surface area contributed by atoms with Crippen molar-refractivity contribution in [3.8, 4) is 0 Å². The Bertz CT molecular complexity index is 118. The van der Waals surface area contributed by atoms with E-state index in [9.17, 15) is 0 Å². The molecular formula is C10H18. The number of hydrogen-bond acceptors (Lipinski definition) is 0. The third-order valence-electron chi connectivity index (χ3n) is 1.56. The average molecular weight is 138 g/mol. The molecular weight excluding hydrogens is 120 g/mol. The van der Waals surface area contributed by atoms with Crippen LogP contribution in [0.5, 0.6) is 0 Å². The van der Waals surface area contributed by atoms with Crippen molar-refractivity contribution < 1.29 is 0 Å². The van der Waals surface area contributed by atoms with E-state index in [4.69, 9.17) is 0 Å². The van der Waals surface area contributed by atoms with E-state index in [0.717, 1.165) is 12.8 Å². The van der Waals surface area contributed by atoms with Gasteiger partial charge in [-0.3, -0.25) is 0 Å². The molecule has 0 aliphatic rings. The van der Waals surface area contributed by atoms with Gasteiger partial charge in [-0.2, -0.15) is 0 Å². The van der Waals surface area contributed by atoms with E-state index in [0.29, 0.717) is 0 Å². The maximum absolute atomic E-state index is 2.28. The molecule has 0 saturated heterocycles. The summed E-state index contributed by atoms with van der Waals surface area (Å²) in [5, 5.41) is 0. The molecule has 0 radical (unpaired) electrons. The monoisotopic (exact) mass is 138 g/mol. The maximum atomic E-state index is 2.28. The minimum atomic E-state index is 1.10. The Morgan fingerprint density at radius 1 is 1.20 bits per heavy atom. The van der Waals surface area contributed by atoms with Gasteiger partial charge in [-0.15, -0.1) is 0 Å². The van der Waals surface area contributed by atoms with E-state index >= 15 is 0 Å². The summed E-state index contributed by atoms with van der Waals surface area (Å²) in [5.41, 5.74) is 1.49. The second-order valence-corrected chi connectivity index (χ2v) is 2.52. The van der Waals surface area contributed by atoms with Crippen molar-refractivity contribution in [1.82, 2.24) is 0 Å². The molecule has 0 atom stereocenters. The first-order valence-electron chi connectivity index (χ1n) is 4.11. The third kappa shape index (κ3) is 5.61. The van der Waals surface area contributed by atoms with Crippen LogP contribution < -0.4 is 0 Å². The molecule has 0 heterocycles. The van der Waals surface area contributed by atoms with Crippen LogP contribution in [0.25, 0.3) is 0 Å². The number of rotatable bonds is 4.